The Hall–Kier alpha value is -0.440. The maximum absolute atomic E-state index is 10.7. The second kappa shape index (κ2) is 15.7. The molecule has 11 heteroatoms. The molecule has 0 radical (unpaired) electrons. The highest BCUT2D eigenvalue weighted by Gasteiger charge is 2.50. The van der Waals surface area contributed by atoms with Crippen LogP contribution in [0.25, 0.3) is 0 Å². The van der Waals surface area contributed by atoms with Crippen molar-refractivity contribution in [2.45, 2.75) is 139 Å². The lowest BCUT2D eigenvalue weighted by Gasteiger charge is -2.46. The molecule has 0 aromatic carbocycles. The third kappa shape index (κ3) is 8.82. The topological polar surface area (TPSA) is 179 Å². The molecule has 2 aliphatic heterocycles. The van der Waals surface area contributed by atoms with Crippen LogP contribution in [0, 0.1) is 0 Å². The fraction of sp³-hybridized carbons (Fsp3) is 1.00. The molecule has 7 N–H and O–H groups in total. The van der Waals surface area contributed by atoms with Gasteiger partial charge in [0.15, 0.2) is 12.6 Å². The Kier molecular flexibility index (Phi) is 13.8. The molecule has 2 aliphatic rings. The third-order valence-corrected chi connectivity index (χ3v) is 6.79. The molecule has 2 fully saturated rings. The molecule has 0 aromatic rings. The number of aliphatic hydroxyl groups is 7. The zero-order valence-corrected chi connectivity index (χ0v) is 20.9. The van der Waals surface area contributed by atoms with Crippen molar-refractivity contribution in [1.82, 2.24) is 0 Å². The average molecular weight is 511 g/mol. The van der Waals surface area contributed by atoms with Crippen LogP contribution in [0.5, 0.6) is 0 Å². The number of hydrogen-bond donors (Lipinski definition) is 7. The van der Waals surface area contributed by atoms with Crippen molar-refractivity contribution >= 4 is 0 Å². The Balaban J connectivity index is 1.84. The van der Waals surface area contributed by atoms with Crippen LogP contribution in [0.15, 0.2) is 0 Å². The average Bonchev–Trinajstić information content (AvgIpc) is 2.85. The fourth-order valence-corrected chi connectivity index (χ4v) is 4.53. The van der Waals surface area contributed by atoms with E-state index >= 15 is 0 Å². The second-order valence-electron chi connectivity index (χ2n) is 9.71. The van der Waals surface area contributed by atoms with Gasteiger partial charge in [-0.3, -0.25) is 0 Å². The van der Waals surface area contributed by atoms with Gasteiger partial charge >= 0.3 is 0 Å². The maximum atomic E-state index is 10.7. The molecular weight excluding hydrogens is 464 g/mol. The number of aliphatic hydroxyl groups excluding tert-OH is 7. The highest BCUT2D eigenvalue weighted by atomic mass is 16.7. The molecule has 0 aromatic heterocycles. The summed E-state index contributed by atoms with van der Waals surface area (Å²) in [5.41, 5.74) is 0. The minimum atomic E-state index is -1.70. The summed E-state index contributed by atoms with van der Waals surface area (Å²) < 4.78 is 22.3. The predicted molar refractivity (Wildman–Crippen MR) is 124 cm³/mol. The summed E-state index contributed by atoms with van der Waals surface area (Å²) in [5.74, 6) is 0. The lowest BCUT2D eigenvalue weighted by molar-refractivity contribution is -0.362. The summed E-state index contributed by atoms with van der Waals surface area (Å²) >= 11 is 0. The van der Waals surface area contributed by atoms with Gasteiger partial charge < -0.3 is 54.7 Å². The van der Waals surface area contributed by atoms with Gasteiger partial charge in [0.1, 0.15) is 48.8 Å². The van der Waals surface area contributed by atoms with Crippen molar-refractivity contribution in [2.24, 2.45) is 0 Å². The van der Waals surface area contributed by atoms with Crippen molar-refractivity contribution in [3.05, 3.63) is 0 Å². The van der Waals surface area contributed by atoms with Crippen molar-refractivity contribution < 1.29 is 54.7 Å². The Morgan fingerprint density at radius 3 is 1.80 bits per heavy atom. The summed E-state index contributed by atoms with van der Waals surface area (Å²) in [5, 5.41) is 70.4. The number of unbranched alkanes of at least 4 members (excludes halogenated alkanes) is 7. The third-order valence-electron chi connectivity index (χ3n) is 6.79. The van der Waals surface area contributed by atoms with Crippen molar-refractivity contribution in [1.29, 1.82) is 0 Å². The van der Waals surface area contributed by atoms with Crippen LogP contribution in [0.4, 0.5) is 0 Å². The van der Waals surface area contributed by atoms with Gasteiger partial charge in [0.25, 0.3) is 0 Å². The smallest absolute Gasteiger partial charge is 0.187 e. The zero-order chi connectivity index (χ0) is 26.0. The van der Waals surface area contributed by atoms with E-state index in [-0.39, 0.29) is 6.10 Å². The minimum absolute atomic E-state index is 0.246. The molecule has 35 heavy (non-hydrogen) atoms. The zero-order valence-electron chi connectivity index (χ0n) is 20.9. The molecule has 11 atom stereocenters. The summed E-state index contributed by atoms with van der Waals surface area (Å²) in [6, 6.07) is 0. The van der Waals surface area contributed by atoms with Crippen LogP contribution in [-0.2, 0) is 18.9 Å². The summed E-state index contributed by atoms with van der Waals surface area (Å²) in [7, 11) is 0. The van der Waals surface area contributed by atoms with E-state index in [9.17, 15) is 35.7 Å². The molecular formula is C24H46O11. The van der Waals surface area contributed by atoms with Crippen LogP contribution in [0.1, 0.15) is 71.6 Å². The van der Waals surface area contributed by atoms with E-state index in [1.165, 1.54) is 38.5 Å². The highest BCUT2D eigenvalue weighted by molar-refractivity contribution is 4.94. The van der Waals surface area contributed by atoms with Crippen molar-refractivity contribution in [3.63, 3.8) is 0 Å². The standard InChI is InChI=1S/C24H46O11/c1-3-4-5-6-7-8-9-10-11-14(2)32-23-21(31)19(29)22(16(13-26)34-23)35-24-20(30)18(28)17(27)15(12-25)33-24/h14-31H,3-13H2,1-2H3. The molecule has 0 saturated carbocycles. The van der Waals surface area contributed by atoms with Gasteiger partial charge in [-0.2, -0.15) is 0 Å². The normalized spacial score (nSPS) is 39.0. The van der Waals surface area contributed by atoms with Crippen molar-refractivity contribution in [2.75, 3.05) is 13.2 Å². The van der Waals surface area contributed by atoms with Crippen LogP contribution in [0.3, 0.4) is 0 Å². The van der Waals surface area contributed by atoms with E-state index in [1.807, 2.05) is 6.92 Å². The molecule has 208 valence electrons. The maximum Gasteiger partial charge on any atom is 0.187 e. The summed E-state index contributed by atoms with van der Waals surface area (Å²) in [4.78, 5) is 0. The largest absolute Gasteiger partial charge is 0.394 e. The Morgan fingerprint density at radius 1 is 0.657 bits per heavy atom. The van der Waals surface area contributed by atoms with Gasteiger partial charge in [-0.25, -0.2) is 0 Å². The first-order chi connectivity index (χ1) is 16.7. The van der Waals surface area contributed by atoms with Gasteiger partial charge in [0.2, 0.25) is 0 Å². The molecule has 11 unspecified atom stereocenters. The monoisotopic (exact) mass is 510 g/mol. The first kappa shape index (κ1) is 30.8. The summed E-state index contributed by atoms with van der Waals surface area (Å²) in [6.45, 7) is 2.82. The van der Waals surface area contributed by atoms with E-state index < -0.39 is 74.6 Å². The van der Waals surface area contributed by atoms with Crippen LogP contribution < -0.4 is 0 Å². The lowest BCUT2D eigenvalue weighted by Crippen LogP contribution is -2.64. The van der Waals surface area contributed by atoms with E-state index in [0.717, 1.165) is 19.3 Å². The van der Waals surface area contributed by atoms with Crippen LogP contribution in [-0.4, -0.2) is 116 Å². The quantitative estimate of drug-likeness (QED) is 0.142. The Morgan fingerprint density at radius 2 is 1.20 bits per heavy atom. The van der Waals surface area contributed by atoms with E-state index in [4.69, 9.17) is 18.9 Å². The first-order valence-electron chi connectivity index (χ1n) is 13.0. The van der Waals surface area contributed by atoms with Gasteiger partial charge in [-0.05, 0) is 13.3 Å². The van der Waals surface area contributed by atoms with E-state index in [0.29, 0.717) is 0 Å². The molecule has 2 saturated heterocycles. The van der Waals surface area contributed by atoms with Gasteiger partial charge in [0.05, 0.1) is 19.3 Å². The Bertz CT molecular complexity index is 564. The molecule has 0 amide bonds. The number of hydrogen-bond acceptors (Lipinski definition) is 11. The SMILES string of the molecule is CCCCCCCCCCC(C)OC1OC(CO)C(OC2OC(CO)C(O)C(O)C2O)C(O)C1O. The second-order valence-corrected chi connectivity index (χ2v) is 9.71. The molecule has 11 nitrogen and oxygen atoms in total. The number of rotatable bonds is 15. The van der Waals surface area contributed by atoms with Gasteiger partial charge in [0, 0.05) is 0 Å². The van der Waals surface area contributed by atoms with Gasteiger partial charge in [-0.1, -0.05) is 58.3 Å². The molecule has 0 bridgehead atoms. The molecule has 0 spiro atoms. The number of ether oxygens (including phenoxy) is 4. The lowest BCUT2D eigenvalue weighted by atomic mass is 9.97. The van der Waals surface area contributed by atoms with E-state index in [2.05, 4.69) is 6.92 Å². The highest BCUT2D eigenvalue weighted by Crippen LogP contribution is 2.30. The fourth-order valence-electron chi connectivity index (χ4n) is 4.53. The molecule has 2 heterocycles. The van der Waals surface area contributed by atoms with Gasteiger partial charge in [-0.15, -0.1) is 0 Å². The first-order valence-corrected chi connectivity index (χ1v) is 13.0. The van der Waals surface area contributed by atoms with Crippen LogP contribution in [0.2, 0.25) is 0 Å². The predicted octanol–water partition coefficient (Wildman–Crippen LogP) is -0.454. The molecule has 0 aliphatic carbocycles. The minimum Gasteiger partial charge on any atom is -0.394 e. The molecule has 2 rings (SSSR count). The van der Waals surface area contributed by atoms with E-state index in [1.54, 1.807) is 0 Å². The van der Waals surface area contributed by atoms with Crippen molar-refractivity contribution in [3.8, 4) is 0 Å². The summed E-state index contributed by atoms with van der Waals surface area (Å²) in [6.07, 6.45) is -4.40. The Labute approximate surface area is 207 Å². The van der Waals surface area contributed by atoms with Crippen LogP contribution >= 0.6 is 0 Å².